The molecule has 1 aromatic rings. The molecule has 0 amide bonds. The van der Waals surface area contributed by atoms with Crippen molar-refractivity contribution in [2.75, 3.05) is 26.8 Å². The summed E-state index contributed by atoms with van der Waals surface area (Å²) in [5, 5.41) is 3.42. The third kappa shape index (κ3) is 7.52. The Hall–Kier alpha value is -0.260. The Kier molecular flexibility index (Phi) is 10.1. The number of unbranched alkanes of at least 4 members (excludes halogenated alkanes) is 3. The minimum absolute atomic E-state index is 0.750. The molecular formula is C16H25Br2NO2. The molecule has 0 aliphatic heterocycles. The quantitative estimate of drug-likeness (QED) is 0.499. The predicted octanol–water partition coefficient (Wildman–Crippen LogP) is 5.16. The Bertz CT molecular complexity index is 414. The molecule has 0 aliphatic rings. The zero-order valence-electron chi connectivity index (χ0n) is 12.9. The first kappa shape index (κ1) is 18.8. The van der Waals surface area contributed by atoms with Gasteiger partial charge in [-0.2, -0.15) is 0 Å². The molecule has 0 saturated carbocycles. The third-order valence-corrected chi connectivity index (χ3v) is 4.38. The molecule has 0 heterocycles. The molecule has 1 N–H and O–H groups in total. The number of nitrogens with one attached hydrogen (secondary N) is 1. The van der Waals surface area contributed by atoms with Crippen LogP contribution in [0.25, 0.3) is 0 Å². The summed E-state index contributed by atoms with van der Waals surface area (Å²) in [6.07, 6.45) is 6.01. The molecule has 120 valence electrons. The van der Waals surface area contributed by atoms with E-state index >= 15 is 0 Å². The molecule has 0 fully saturated rings. The fraction of sp³-hybridized carbons (Fsp3) is 0.625. The fourth-order valence-electron chi connectivity index (χ4n) is 1.97. The van der Waals surface area contributed by atoms with E-state index in [1.165, 1.54) is 25.7 Å². The Morgan fingerprint density at radius 2 is 1.62 bits per heavy atom. The Morgan fingerprint density at radius 3 is 2.33 bits per heavy atom. The maximum absolute atomic E-state index is 5.81. The van der Waals surface area contributed by atoms with Gasteiger partial charge in [0.25, 0.3) is 0 Å². The Morgan fingerprint density at radius 1 is 0.952 bits per heavy atom. The second-order valence-electron chi connectivity index (χ2n) is 4.93. The van der Waals surface area contributed by atoms with Crippen LogP contribution in [0.5, 0.6) is 11.5 Å². The second kappa shape index (κ2) is 11.3. The van der Waals surface area contributed by atoms with Gasteiger partial charge >= 0.3 is 0 Å². The van der Waals surface area contributed by atoms with Crippen LogP contribution in [0.15, 0.2) is 21.1 Å². The lowest BCUT2D eigenvalue weighted by Crippen LogP contribution is -2.15. The highest BCUT2D eigenvalue weighted by Gasteiger charge is 2.07. The van der Waals surface area contributed by atoms with Crippen LogP contribution < -0.4 is 14.8 Å². The number of hydrogen-bond acceptors (Lipinski definition) is 3. The summed E-state index contributed by atoms with van der Waals surface area (Å²) in [4.78, 5) is 0. The molecule has 0 unspecified atom stereocenters. The van der Waals surface area contributed by atoms with Crippen molar-refractivity contribution < 1.29 is 9.47 Å². The Labute approximate surface area is 145 Å². The Balaban J connectivity index is 2.17. The maximum atomic E-state index is 5.81. The van der Waals surface area contributed by atoms with Gasteiger partial charge in [0.1, 0.15) is 11.5 Å². The average molecular weight is 423 g/mol. The lowest BCUT2D eigenvalue weighted by molar-refractivity contribution is 0.301. The highest BCUT2D eigenvalue weighted by atomic mass is 79.9. The molecule has 1 rings (SSSR count). The van der Waals surface area contributed by atoms with Crippen molar-refractivity contribution in [1.29, 1.82) is 0 Å². The first-order chi connectivity index (χ1) is 10.2. The monoisotopic (exact) mass is 421 g/mol. The van der Waals surface area contributed by atoms with E-state index in [2.05, 4.69) is 44.1 Å². The SMILES string of the molecule is CCCNCCCCCCOc1cc(Br)c(OC)cc1Br. The first-order valence-corrected chi connectivity index (χ1v) is 9.14. The van der Waals surface area contributed by atoms with Crippen molar-refractivity contribution in [3.05, 3.63) is 21.1 Å². The fourth-order valence-corrected chi connectivity index (χ4v) is 2.89. The van der Waals surface area contributed by atoms with Gasteiger partial charge in [0.05, 0.1) is 22.7 Å². The summed E-state index contributed by atoms with van der Waals surface area (Å²) >= 11 is 6.98. The van der Waals surface area contributed by atoms with Crippen LogP contribution in [0.1, 0.15) is 39.0 Å². The van der Waals surface area contributed by atoms with Crippen molar-refractivity contribution in [3.8, 4) is 11.5 Å². The normalized spacial score (nSPS) is 10.7. The molecule has 0 bridgehead atoms. The van der Waals surface area contributed by atoms with Crippen LogP contribution in [0.3, 0.4) is 0 Å². The summed E-state index contributed by atoms with van der Waals surface area (Å²) in [7, 11) is 1.66. The summed E-state index contributed by atoms with van der Waals surface area (Å²) in [5.74, 6) is 1.65. The number of ether oxygens (including phenoxy) is 2. The van der Waals surface area contributed by atoms with E-state index in [1.54, 1.807) is 7.11 Å². The van der Waals surface area contributed by atoms with Crippen LogP contribution in [-0.2, 0) is 0 Å². The minimum atomic E-state index is 0.750. The van der Waals surface area contributed by atoms with Gasteiger partial charge in [0, 0.05) is 0 Å². The molecule has 0 spiro atoms. The molecule has 21 heavy (non-hydrogen) atoms. The second-order valence-corrected chi connectivity index (χ2v) is 6.64. The van der Waals surface area contributed by atoms with Gasteiger partial charge in [0.2, 0.25) is 0 Å². The van der Waals surface area contributed by atoms with Gasteiger partial charge < -0.3 is 14.8 Å². The van der Waals surface area contributed by atoms with Crippen LogP contribution in [0, 0.1) is 0 Å². The molecule has 0 saturated heterocycles. The molecule has 0 radical (unpaired) electrons. The molecule has 0 aromatic heterocycles. The van der Waals surface area contributed by atoms with E-state index < -0.39 is 0 Å². The van der Waals surface area contributed by atoms with Crippen molar-refractivity contribution in [3.63, 3.8) is 0 Å². The van der Waals surface area contributed by atoms with Gasteiger partial charge in [-0.3, -0.25) is 0 Å². The molecule has 3 nitrogen and oxygen atoms in total. The van der Waals surface area contributed by atoms with Crippen LogP contribution in [0.4, 0.5) is 0 Å². The van der Waals surface area contributed by atoms with Gasteiger partial charge in [0.15, 0.2) is 0 Å². The molecule has 0 atom stereocenters. The molecular weight excluding hydrogens is 398 g/mol. The number of benzene rings is 1. The van der Waals surface area contributed by atoms with Gasteiger partial charge in [-0.25, -0.2) is 0 Å². The zero-order chi connectivity index (χ0) is 15.5. The van der Waals surface area contributed by atoms with E-state index in [9.17, 15) is 0 Å². The van der Waals surface area contributed by atoms with Crippen LogP contribution >= 0.6 is 31.9 Å². The maximum Gasteiger partial charge on any atom is 0.134 e. The smallest absolute Gasteiger partial charge is 0.134 e. The number of hydrogen-bond donors (Lipinski definition) is 1. The summed E-state index contributed by atoms with van der Waals surface area (Å²) in [6.45, 7) is 5.20. The predicted molar refractivity (Wildman–Crippen MR) is 95.5 cm³/mol. The topological polar surface area (TPSA) is 30.5 Å². The van der Waals surface area contributed by atoms with Crippen molar-refractivity contribution in [2.24, 2.45) is 0 Å². The van der Waals surface area contributed by atoms with E-state index in [-0.39, 0.29) is 0 Å². The third-order valence-electron chi connectivity index (χ3n) is 3.14. The molecule has 0 aliphatic carbocycles. The lowest BCUT2D eigenvalue weighted by atomic mass is 10.2. The van der Waals surface area contributed by atoms with Crippen molar-refractivity contribution >= 4 is 31.9 Å². The number of rotatable bonds is 11. The highest BCUT2D eigenvalue weighted by molar-refractivity contribution is 9.11. The van der Waals surface area contributed by atoms with E-state index in [0.29, 0.717) is 0 Å². The summed E-state index contributed by atoms with van der Waals surface area (Å²) in [6, 6.07) is 3.86. The number of methoxy groups -OCH3 is 1. The van der Waals surface area contributed by atoms with Crippen LogP contribution in [0.2, 0.25) is 0 Å². The summed E-state index contributed by atoms with van der Waals surface area (Å²) < 4.78 is 12.9. The van der Waals surface area contributed by atoms with Crippen molar-refractivity contribution in [2.45, 2.75) is 39.0 Å². The van der Waals surface area contributed by atoms with Gasteiger partial charge in [-0.05, 0) is 76.3 Å². The standard InChI is InChI=1S/C16H25Br2NO2/c1-3-8-19-9-6-4-5-7-10-21-16-12-13(17)15(20-2)11-14(16)18/h11-12,19H,3-10H2,1-2H3. The molecule has 1 aromatic carbocycles. The minimum Gasteiger partial charge on any atom is -0.496 e. The average Bonchev–Trinajstić information content (AvgIpc) is 2.48. The largest absolute Gasteiger partial charge is 0.496 e. The number of halogens is 2. The summed E-state index contributed by atoms with van der Waals surface area (Å²) in [5.41, 5.74) is 0. The molecule has 5 heteroatoms. The van der Waals surface area contributed by atoms with Crippen molar-refractivity contribution in [1.82, 2.24) is 5.32 Å². The van der Waals surface area contributed by atoms with Crippen LogP contribution in [-0.4, -0.2) is 26.8 Å². The van der Waals surface area contributed by atoms with E-state index in [0.717, 1.165) is 46.6 Å². The first-order valence-electron chi connectivity index (χ1n) is 7.55. The van der Waals surface area contributed by atoms with Gasteiger partial charge in [-0.15, -0.1) is 0 Å². The van der Waals surface area contributed by atoms with E-state index in [4.69, 9.17) is 9.47 Å². The highest BCUT2D eigenvalue weighted by Crippen LogP contribution is 2.36. The lowest BCUT2D eigenvalue weighted by Gasteiger charge is -2.11. The van der Waals surface area contributed by atoms with Gasteiger partial charge in [-0.1, -0.05) is 19.8 Å². The zero-order valence-corrected chi connectivity index (χ0v) is 16.1. The van der Waals surface area contributed by atoms with E-state index in [1.807, 2.05) is 12.1 Å².